The van der Waals surface area contributed by atoms with E-state index in [4.69, 9.17) is 0 Å². The summed E-state index contributed by atoms with van der Waals surface area (Å²) in [4.78, 5) is 34.0. The van der Waals surface area contributed by atoms with Gasteiger partial charge in [0.05, 0.1) is 5.56 Å². The first-order chi connectivity index (χ1) is 13.2. The minimum Gasteiger partial charge on any atom is -0.365 e. The molecule has 1 saturated carbocycles. The average Bonchev–Trinajstić information content (AvgIpc) is 3.40. The lowest BCUT2D eigenvalue weighted by atomic mass is 10.1. The number of hydrogen-bond donors (Lipinski definition) is 1. The molecule has 0 aromatic carbocycles. The van der Waals surface area contributed by atoms with Crippen LogP contribution in [0.1, 0.15) is 61.7 Å². The molecule has 27 heavy (non-hydrogen) atoms. The summed E-state index contributed by atoms with van der Waals surface area (Å²) >= 11 is 0. The van der Waals surface area contributed by atoms with Gasteiger partial charge in [-0.15, -0.1) is 0 Å². The highest BCUT2D eigenvalue weighted by molar-refractivity contribution is 5.98. The number of nitrogens with zero attached hydrogens (tertiary/aromatic N) is 3. The van der Waals surface area contributed by atoms with Gasteiger partial charge < -0.3 is 15.1 Å². The normalized spacial score (nSPS) is 23.6. The molecule has 0 radical (unpaired) electrons. The maximum absolute atomic E-state index is 12.9. The fraction of sp³-hybridized carbons (Fsp3) is 0.667. The number of pyridine rings is 1. The SMILES string of the molecule is O=C(c1cccnc1NC1CCN(C(=O)C2CCCC2)C1)N1CCCCC1. The molecule has 0 spiro atoms. The summed E-state index contributed by atoms with van der Waals surface area (Å²) in [5.74, 6) is 1.28. The molecule has 6 nitrogen and oxygen atoms in total. The first kappa shape index (κ1) is 18.3. The molecule has 2 aliphatic heterocycles. The maximum atomic E-state index is 12.9. The highest BCUT2D eigenvalue weighted by Crippen LogP contribution is 2.28. The maximum Gasteiger partial charge on any atom is 0.257 e. The van der Waals surface area contributed by atoms with Crippen LogP contribution >= 0.6 is 0 Å². The molecular weight excluding hydrogens is 340 g/mol. The second-order valence-electron chi connectivity index (χ2n) is 8.15. The summed E-state index contributed by atoms with van der Waals surface area (Å²) in [5, 5.41) is 3.45. The largest absolute Gasteiger partial charge is 0.365 e. The van der Waals surface area contributed by atoms with Crippen molar-refractivity contribution in [1.82, 2.24) is 14.8 Å². The third-order valence-corrected chi connectivity index (χ3v) is 6.23. The van der Waals surface area contributed by atoms with Crippen molar-refractivity contribution in [3.05, 3.63) is 23.9 Å². The van der Waals surface area contributed by atoms with E-state index in [0.717, 1.165) is 51.7 Å². The van der Waals surface area contributed by atoms with Crippen LogP contribution in [0.2, 0.25) is 0 Å². The van der Waals surface area contributed by atoms with Crippen molar-refractivity contribution in [3.63, 3.8) is 0 Å². The summed E-state index contributed by atoms with van der Waals surface area (Å²) < 4.78 is 0. The van der Waals surface area contributed by atoms with E-state index in [2.05, 4.69) is 10.3 Å². The molecule has 4 rings (SSSR count). The van der Waals surface area contributed by atoms with E-state index in [-0.39, 0.29) is 17.9 Å². The van der Waals surface area contributed by atoms with Crippen molar-refractivity contribution in [1.29, 1.82) is 0 Å². The van der Waals surface area contributed by atoms with Gasteiger partial charge in [-0.1, -0.05) is 12.8 Å². The zero-order valence-electron chi connectivity index (χ0n) is 16.0. The fourth-order valence-corrected chi connectivity index (χ4v) is 4.66. The number of rotatable bonds is 4. The highest BCUT2D eigenvalue weighted by atomic mass is 16.2. The summed E-state index contributed by atoms with van der Waals surface area (Å²) in [6.07, 6.45) is 10.5. The number of amides is 2. The van der Waals surface area contributed by atoms with Gasteiger partial charge in [-0.05, 0) is 50.7 Å². The Morgan fingerprint density at radius 2 is 1.74 bits per heavy atom. The first-order valence-corrected chi connectivity index (χ1v) is 10.5. The Morgan fingerprint density at radius 1 is 0.963 bits per heavy atom. The molecule has 2 amide bonds. The zero-order valence-corrected chi connectivity index (χ0v) is 16.0. The Balaban J connectivity index is 1.40. The predicted molar refractivity (Wildman–Crippen MR) is 105 cm³/mol. The number of carbonyl (C=O) groups excluding carboxylic acids is 2. The number of aromatic nitrogens is 1. The third-order valence-electron chi connectivity index (χ3n) is 6.23. The van der Waals surface area contributed by atoms with Gasteiger partial charge in [-0.25, -0.2) is 4.98 Å². The van der Waals surface area contributed by atoms with Crippen molar-refractivity contribution in [3.8, 4) is 0 Å². The van der Waals surface area contributed by atoms with E-state index in [9.17, 15) is 9.59 Å². The molecule has 1 atom stereocenters. The van der Waals surface area contributed by atoms with Gasteiger partial charge in [0.1, 0.15) is 5.82 Å². The number of likely N-dealkylation sites (tertiary alicyclic amines) is 2. The molecule has 3 fully saturated rings. The molecule has 3 aliphatic rings. The van der Waals surface area contributed by atoms with Crippen molar-refractivity contribution >= 4 is 17.6 Å². The monoisotopic (exact) mass is 370 g/mol. The van der Waals surface area contributed by atoms with E-state index in [1.165, 1.54) is 19.3 Å². The lowest BCUT2D eigenvalue weighted by molar-refractivity contribution is -0.134. The smallest absolute Gasteiger partial charge is 0.257 e. The van der Waals surface area contributed by atoms with E-state index in [1.54, 1.807) is 6.20 Å². The number of piperidine rings is 1. The van der Waals surface area contributed by atoms with Crippen molar-refractivity contribution in [2.75, 3.05) is 31.5 Å². The minimum atomic E-state index is 0.0715. The molecule has 2 saturated heterocycles. The van der Waals surface area contributed by atoms with Gasteiger partial charge in [0, 0.05) is 44.3 Å². The van der Waals surface area contributed by atoms with Crippen LogP contribution in [0.4, 0.5) is 5.82 Å². The summed E-state index contributed by atoms with van der Waals surface area (Å²) in [6.45, 7) is 3.18. The average molecular weight is 370 g/mol. The van der Waals surface area contributed by atoms with Gasteiger partial charge in [-0.3, -0.25) is 9.59 Å². The summed E-state index contributed by atoms with van der Waals surface area (Å²) in [7, 11) is 0. The quantitative estimate of drug-likeness (QED) is 0.885. The molecule has 6 heteroatoms. The molecule has 3 heterocycles. The highest BCUT2D eigenvalue weighted by Gasteiger charge is 2.33. The molecule has 1 aliphatic carbocycles. The topological polar surface area (TPSA) is 65.5 Å². The Bertz CT molecular complexity index is 681. The number of carbonyl (C=O) groups is 2. The van der Waals surface area contributed by atoms with Crippen LogP contribution in [0.5, 0.6) is 0 Å². The number of hydrogen-bond acceptors (Lipinski definition) is 4. The van der Waals surface area contributed by atoms with Crippen LogP contribution in [-0.2, 0) is 4.79 Å². The fourth-order valence-electron chi connectivity index (χ4n) is 4.66. The van der Waals surface area contributed by atoms with Crippen LogP contribution in [-0.4, -0.2) is 58.8 Å². The van der Waals surface area contributed by atoms with Crippen LogP contribution in [0.25, 0.3) is 0 Å². The van der Waals surface area contributed by atoms with Gasteiger partial charge in [-0.2, -0.15) is 0 Å². The van der Waals surface area contributed by atoms with Gasteiger partial charge in [0.2, 0.25) is 5.91 Å². The number of anilines is 1. The van der Waals surface area contributed by atoms with E-state index < -0.39 is 0 Å². The van der Waals surface area contributed by atoms with E-state index in [1.807, 2.05) is 21.9 Å². The molecule has 146 valence electrons. The van der Waals surface area contributed by atoms with Gasteiger partial charge in [0.25, 0.3) is 5.91 Å². The second-order valence-corrected chi connectivity index (χ2v) is 8.15. The molecule has 1 unspecified atom stereocenters. The molecule has 1 N–H and O–H groups in total. The lowest BCUT2D eigenvalue weighted by Crippen LogP contribution is -2.37. The zero-order chi connectivity index (χ0) is 18.6. The van der Waals surface area contributed by atoms with Gasteiger partial charge >= 0.3 is 0 Å². The first-order valence-electron chi connectivity index (χ1n) is 10.5. The standard InChI is InChI=1S/C21H30N4O2/c26-20(16-7-2-3-8-16)25-14-10-17(15-25)23-19-18(9-6-11-22-19)21(27)24-12-4-1-5-13-24/h6,9,11,16-17H,1-5,7-8,10,12-15H2,(H,22,23). The number of nitrogens with one attached hydrogen (secondary N) is 1. The molecule has 1 aromatic heterocycles. The summed E-state index contributed by atoms with van der Waals surface area (Å²) in [5.41, 5.74) is 0.653. The predicted octanol–water partition coefficient (Wildman–Crippen LogP) is 2.91. The van der Waals surface area contributed by atoms with E-state index in [0.29, 0.717) is 23.8 Å². The Hall–Kier alpha value is -2.11. The van der Waals surface area contributed by atoms with Crippen LogP contribution in [0, 0.1) is 5.92 Å². The minimum absolute atomic E-state index is 0.0715. The van der Waals surface area contributed by atoms with Crippen molar-refractivity contribution < 1.29 is 9.59 Å². The van der Waals surface area contributed by atoms with Crippen LogP contribution < -0.4 is 5.32 Å². The molecular formula is C21H30N4O2. The Labute approximate surface area is 161 Å². The van der Waals surface area contributed by atoms with Gasteiger partial charge in [0.15, 0.2) is 0 Å². The van der Waals surface area contributed by atoms with Crippen molar-refractivity contribution in [2.45, 2.75) is 57.4 Å². The Kier molecular flexibility index (Phi) is 5.60. The van der Waals surface area contributed by atoms with Crippen LogP contribution in [0.15, 0.2) is 18.3 Å². The molecule has 0 bridgehead atoms. The third kappa shape index (κ3) is 4.09. The van der Waals surface area contributed by atoms with Crippen LogP contribution in [0.3, 0.4) is 0 Å². The summed E-state index contributed by atoms with van der Waals surface area (Å²) in [6, 6.07) is 3.86. The lowest BCUT2D eigenvalue weighted by Gasteiger charge is -2.27. The Morgan fingerprint density at radius 3 is 2.52 bits per heavy atom. The molecule has 1 aromatic rings. The van der Waals surface area contributed by atoms with Crippen molar-refractivity contribution in [2.24, 2.45) is 5.92 Å². The van der Waals surface area contributed by atoms with E-state index >= 15 is 0 Å². The second kappa shape index (κ2) is 8.28.